The van der Waals surface area contributed by atoms with Crippen LogP contribution in [-0.4, -0.2) is 11.9 Å². The van der Waals surface area contributed by atoms with E-state index in [4.69, 9.17) is 9.47 Å². The van der Waals surface area contributed by atoms with E-state index in [-0.39, 0.29) is 5.70 Å². The van der Waals surface area contributed by atoms with E-state index in [0.717, 1.165) is 37.6 Å². The van der Waals surface area contributed by atoms with E-state index < -0.39 is 5.97 Å². The Morgan fingerprint density at radius 1 is 1.00 bits per heavy atom. The van der Waals surface area contributed by atoms with Crippen molar-refractivity contribution in [2.45, 2.75) is 6.61 Å². The Morgan fingerprint density at radius 2 is 1.68 bits per heavy atom. The lowest BCUT2D eigenvalue weighted by Crippen LogP contribution is -2.05. The molecule has 0 spiro atoms. The largest absolute Gasteiger partial charge is 0.487 e. The fraction of sp³-hybridized carbons (Fsp3) is 0.0435. The number of aliphatic imine (C=N–C) groups is 1. The lowest BCUT2D eigenvalue weighted by atomic mass is 10.2. The normalized spacial score (nSPS) is 14.5. The van der Waals surface area contributed by atoms with Crippen molar-refractivity contribution in [2.24, 2.45) is 4.99 Å². The molecule has 0 bridgehead atoms. The first kappa shape index (κ1) is 23.2. The van der Waals surface area contributed by atoms with Gasteiger partial charge in [0.2, 0.25) is 5.90 Å². The molecule has 0 saturated carbocycles. The number of nitrogens with zero attached hydrogens (tertiary/aromatic N) is 1. The molecule has 1 heterocycles. The number of carbonyl (C=O) groups is 1. The molecule has 0 aromatic heterocycles. The minimum Gasteiger partial charge on any atom is -0.487 e. The topological polar surface area (TPSA) is 47.9 Å². The molecule has 1 aliphatic rings. The summed E-state index contributed by atoms with van der Waals surface area (Å²) in [5.41, 5.74) is 2.99. The molecule has 0 aliphatic carbocycles. The fourth-order valence-electron chi connectivity index (χ4n) is 2.85. The highest BCUT2D eigenvalue weighted by molar-refractivity contribution is 14.1. The monoisotopic (exact) mass is 811 g/mol. The number of halogens is 4. The SMILES string of the molecule is O=C1OC(c2ccc(I)cc2)=N/C1=C\c1cc(I)c(OCc2ccccc2Br)c(I)c1. The zero-order valence-corrected chi connectivity index (χ0v) is 23.8. The van der Waals surface area contributed by atoms with Gasteiger partial charge in [0, 0.05) is 19.2 Å². The van der Waals surface area contributed by atoms with Gasteiger partial charge in [-0.2, -0.15) is 0 Å². The molecule has 3 aromatic carbocycles. The van der Waals surface area contributed by atoms with Crippen molar-refractivity contribution >= 4 is 102 Å². The predicted octanol–water partition coefficient (Wildman–Crippen LogP) is 7.19. The van der Waals surface area contributed by atoms with Crippen LogP contribution in [0.25, 0.3) is 6.08 Å². The molecule has 0 atom stereocenters. The highest BCUT2D eigenvalue weighted by Crippen LogP contribution is 2.32. The zero-order chi connectivity index (χ0) is 22.0. The molecule has 0 saturated heterocycles. The highest BCUT2D eigenvalue weighted by Gasteiger charge is 2.24. The van der Waals surface area contributed by atoms with Crippen LogP contribution >= 0.6 is 83.7 Å². The van der Waals surface area contributed by atoms with Gasteiger partial charge >= 0.3 is 5.97 Å². The molecule has 3 aromatic rings. The Kier molecular flexibility index (Phi) is 7.70. The second-order valence-corrected chi connectivity index (χ2v) is 11.0. The first-order valence-corrected chi connectivity index (χ1v) is 13.1. The third kappa shape index (κ3) is 5.69. The average molecular weight is 812 g/mol. The Labute approximate surface area is 229 Å². The quantitative estimate of drug-likeness (QED) is 0.156. The van der Waals surface area contributed by atoms with Crippen molar-refractivity contribution in [1.29, 1.82) is 0 Å². The maximum Gasteiger partial charge on any atom is 0.363 e. The van der Waals surface area contributed by atoms with E-state index in [1.807, 2.05) is 60.7 Å². The standard InChI is InChI=1S/C23H13BrI3NO3/c24-17-4-2-1-3-15(17)12-30-21-18(26)9-13(10-19(21)27)11-20-23(29)31-22(28-20)14-5-7-16(25)8-6-14/h1-11H,12H2/b20-11-. The first-order chi connectivity index (χ1) is 14.9. The summed E-state index contributed by atoms with van der Waals surface area (Å²) in [6.45, 7) is 0.462. The average Bonchev–Trinajstić information content (AvgIpc) is 3.09. The number of carbonyl (C=O) groups excluding carboxylic acids is 1. The van der Waals surface area contributed by atoms with E-state index in [1.54, 1.807) is 6.08 Å². The van der Waals surface area contributed by atoms with Crippen LogP contribution in [-0.2, 0) is 16.1 Å². The molecule has 31 heavy (non-hydrogen) atoms. The minimum atomic E-state index is -0.451. The number of hydrogen-bond donors (Lipinski definition) is 0. The lowest BCUT2D eigenvalue weighted by molar-refractivity contribution is -0.129. The maximum absolute atomic E-state index is 12.3. The Morgan fingerprint density at radius 3 is 2.35 bits per heavy atom. The summed E-state index contributed by atoms with van der Waals surface area (Å²) in [6.07, 6.45) is 1.74. The summed E-state index contributed by atoms with van der Waals surface area (Å²) in [6, 6.07) is 19.6. The third-order valence-corrected chi connectivity index (χ3v) is 7.46. The van der Waals surface area contributed by atoms with Crippen molar-refractivity contribution in [3.8, 4) is 5.75 Å². The third-order valence-electron chi connectivity index (χ3n) is 4.37. The Balaban J connectivity index is 1.56. The summed E-state index contributed by atoms with van der Waals surface area (Å²) in [5, 5.41) is 0. The number of ether oxygens (including phenoxy) is 2. The van der Waals surface area contributed by atoms with Gasteiger partial charge in [-0.25, -0.2) is 9.79 Å². The molecule has 0 amide bonds. The van der Waals surface area contributed by atoms with Crippen molar-refractivity contribution in [1.82, 2.24) is 0 Å². The van der Waals surface area contributed by atoms with Crippen LogP contribution in [0, 0.1) is 10.7 Å². The second-order valence-electron chi connectivity index (χ2n) is 6.54. The fourth-order valence-corrected chi connectivity index (χ4v) is 5.74. The van der Waals surface area contributed by atoms with Gasteiger partial charge in [0.05, 0.1) is 7.14 Å². The second kappa shape index (κ2) is 10.3. The smallest absolute Gasteiger partial charge is 0.363 e. The number of cyclic esters (lactones) is 1. The molecule has 1 aliphatic heterocycles. The highest BCUT2D eigenvalue weighted by atomic mass is 127. The molecule has 0 unspecified atom stereocenters. The summed E-state index contributed by atoms with van der Waals surface area (Å²) in [7, 11) is 0. The van der Waals surface area contributed by atoms with E-state index >= 15 is 0 Å². The molecule has 4 rings (SSSR count). The van der Waals surface area contributed by atoms with Crippen molar-refractivity contribution in [2.75, 3.05) is 0 Å². The van der Waals surface area contributed by atoms with Crippen LogP contribution in [0.5, 0.6) is 5.75 Å². The van der Waals surface area contributed by atoms with Crippen LogP contribution in [0.3, 0.4) is 0 Å². The van der Waals surface area contributed by atoms with Crippen LogP contribution in [0.1, 0.15) is 16.7 Å². The first-order valence-electron chi connectivity index (χ1n) is 9.04. The molecular formula is C23H13BrI3NO3. The Hall–Kier alpha value is -0.990. The van der Waals surface area contributed by atoms with E-state index in [9.17, 15) is 4.79 Å². The lowest BCUT2D eigenvalue weighted by Gasteiger charge is -2.12. The van der Waals surface area contributed by atoms with Gasteiger partial charge in [0.25, 0.3) is 0 Å². The number of hydrogen-bond acceptors (Lipinski definition) is 4. The van der Waals surface area contributed by atoms with E-state index in [0.29, 0.717) is 12.5 Å². The van der Waals surface area contributed by atoms with Gasteiger partial charge < -0.3 is 9.47 Å². The van der Waals surface area contributed by atoms with E-state index in [1.165, 1.54) is 0 Å². The summed E-state index contributed by atoms with van der Waals surface area (Å²) < 4.78 is 15.5. The van der Waals surface area contributed by atoms with Gasteiger partial charge in [-0.1, -0.05) is 34.1 Å². The van der Waals surface area contributed by atoms with Gasteiger partial charge in [0.15, 0.2) is 5.70 Å². The molecule has 0 fully saturated rings. The van der Waals surface area contributed by atoms with Crippen molar-refractivity contribution in [3.63, 3.8) is 0 Å². The van der Waals surface area contributed by atoms with Crippen LogP contribution < -0.4 is 4.74 Å². The van der Waals surface area contributed by atoms with Crippen LogP contribution in [0.4, 0.5) is 0 Å². The summed E-state index contributed by atoms with van der Waals surface area (Å²) in [5.74, 6) is 0.689. The molecule has 4 nitrogen and oxygen atoms in total. The molecule has 0 radical (unpaired) electrons. The van der Waals surface area contributed by atoms with Gasteiger partial charge in [-0.15, -0.1) is 0 Å². The van der Waals surface area contributed by atoms with Gasteiger partial charge in [-0.3, -0.25) is 0 Å². The van der Waals surface area contributed by atoms with Crippen molar-refractivity contribution < 1.29 is 14.3 Å². The van der Waals surface area contributed by atoms with Gasteiger partial charge in [0.1, 0.15) is 12.4 Å². The van der Waals surface area contributed by atoms with Crippen LogP contribution in [0.15, 0.2) is 75.8 Å². The van der Waals surface area contributed by atoms with Crippen LogP contribution in [0.2, 0.25) is 0 Å². The number of rotatable bonds is 5. The zero-order valence-electron chi connectivity index (χ0n) is 15.7. The summed E-state index contributed by atoms with van der Waals surface area (Å²) >= 11 is 10.3. The van der Waals surface area contributed by atoms with E-state index in [2.05, 4.69) is 88.7 Å². The number of esters is 1. The van der Waals surface area contributed by atoms with Crippen molar-refractivity contribution in [3.05, 3.63) is 98.2 Å². The molecule has 156 valence electrons. The minimum absolute atomic E-state index is 0.280. The molecular weight excluding hydrogens is 799 g/mol. The molecule has 8 heteroatoms. The Bertz CT molecular complexity index is 1200. The summed E-state index contributed by atoms with van der Waals surface area (Å²) in [4.78, 5) is 16.7. The molecule has 0 N–H and O–H groups in total. The predicted molar refractivity (Wildman–Crippen MR) is 150 cm³/mol. The van der Waals surface area contributed by atoms with Gasteiger partial charge in [-0.05, 0) is 122 Å². The number of benzene rings is 3. The maximum atomic E-state index is 12.3.